The predicted molar refractivity (Wildman–Crippen MR) is 74.8 cm³/mol. The van der Waals surface area contributed by atoms with E-state index < -0.39 is 0 Å². The van der Waals surface area contributed by atoms with Crippen molar-refractivity contribution in [2.45, 2.75) is 51.6 Å². The third-order valence-electron chi connectivity index (χ3n) is 3.76. The predicted octanol–water partition coefficient (Wildman–Crippen LogP) is 2.72. The van der Waals surface area contributed by atoms with E-state index in [1.54, 1.807) is 6.26 Å². The van der Waals surface area contributed by atoms with Gasteiger partial charge in [0.2, 0.25) is 5.91 Å². The van der Waals surface area contributed by atoms with E-state index in [1.807, 2.05) is 30.9 Å². The fourth-order valence-corrected chi connectivity index (χ4v) is 2.63. The van der Waals surface area contributed by atoms with Gasteiger partial charge in [0.05, 0.1) is 18.3 Å². The van der Waals surface area contributed by atoms with Crippen LogP contribution >= 0.6 is 0 Å². The minimum atomic E-state index is -0.168. The van der Waals surface area contributed by atoms with Crippen LogP contribution in [0.5, 0.6) is 0 Å². The second kappa shape index (κ2) is 6.75. The quantitative estimate of drug-likeness (QED) is 0.909. The summed E-state index contributed by atoms with van der Waals surface area (Å²) in [6.07, 6.45) is 6.41. The molecule has 106 valence electrons. The summed E-state index contributed by atoms with van der Waals surface area (Å²) in [5.41, 5.74) is 0. The summed E-state index contributed by atoms with van der Waals surface area (Å²) in [6, 6.07) is 3.69. The van der Waals surface area contributed by atoms with Crippen molar-refractivity contribution in [3.63, 3.8) is 0 Å². The van der Waals surface area contributed by atoms with Gasteiger partial charge in [0.25, 0.3) is 0 Å². The number of nitrogens with one attached hydrogen (secondary N) is 1. The Morgan fingerprint density at radius 3 is 2.53 bits per heavy atom. The van der Waals surface area contributed by atoms with Crippen molar-refractivity contribution in [2.75, 3.05) is 13.1 Å². The minimum absolute atomic E-state index is 0.0564. The van der Waals surface area contributed by atoms with Crippen LogP contribution in [0, 0.1) is 0 Å². The Morgan fingerprint density at radius 2 is 1.95 bits per heavy atom. The Hall–Kier alpha value is -1.29. The molecule has 1 N–H and O–H groups in total. The summed E-state index contributed by atoms with van der Waals surface area (Å²) >= 11 is 0. The third kappa shape index (κ3) is 3.83. The average Bonchev–Trinajstić information content (AvgIpc) is 2.81. The standard InChI is InChI=1S/C15H24N2O2/c1-12(14-8-7-11-19-14)16-13(2)15(18)17-9-5-3-4-6-10-17/h7-8,11-13,16H,3-6,9-10H2,1-2H3/t12-,13?/m0/s1. The monoisotopic (exact) mass is 264 g/mol. The number of nitrogens with zero attached hydrogens (tertiary/aromatic N) is 1. The molecule has 1 unspecified atom stereocenters. The Balaban J connectivity index is 1.87. The lowest BCUT2D eigenvalue weighted by atomic mass is 10.2. The second-order valence-corrected chi connectivity index (χ2v) is 5.36. The number of furan rings is 1. The fraction of sp³-hybridized carbons (Fsp3) is 0.667. The number of hydrogen-bond donors (Lipinski definition) is 1. The van der Waals surface area contributed by atoms with E-state index in [9.17, 15) is 4.79 Å². The smallest absolute Gasteiger partial charge is 0.239 e. The molecule has 1 aliphatic rings. The van der Waals surface area contributed by atoms with Crippen LogP contribution in [-0.4, -0.2) is 29.9 Å². The second-order valence-electron chi connectivity index (χ2n) is 5.36. The summed E-state index contributed by atoms with van der Waals surface area (Å²) in [7, 11) is 0. The van der Waals surface area contributed by atoms with Crippen molar-refractivity contribution < 1.29 is 9.21 Å². The normalized spacial score (nSPS) is 19.8. The van der Waals surface area contributed by atoms with Gasteiger partial charge in [-0.1, -0.05) is 12.8 Å². The molecule has 1 saturated heterocycles. The van der Waals surface area contributed by atoms with Gasteiger partial charge in [-0.25, -0.2) is 0 Å². The molecule has 0 aliphatic carbocycles. The van der Waals surface area contributed by atoms with Crippen LogP contribution in [0.3, 0.4) is 0 Å². The SMILES string of the molecule is CC(N[C@@H](C)c1ccco1)C(=O)N1CCCCCC1. The number of hydrogen-bond acceptors (Lipinski definition) is 3. The molecule has 2 atom stereocenters. The zero-order chi connectivity index (χ0) is 13.7. The van der Waals surface area contributed by atoms with Gasteiger partial charge < -0.3 is 9.32 Å². The first-order chi connectivity index (χ1) is 9.18. The first-order valence-electron chi connectivity index (χ1n) is 7.26. The van der Waals surface area contributed by atoms with Crippen LogP contribution in [-0.2, 0) is 4.79 Å². The maximum absolute atomic E-state index is 12.4. The first kappa shape index (κ1) is 14.1. The highest BCUT2D eigenvalue weighted by Crippen LogP contribution is 2.15. The highest BCUT2D eigenvalue weighted by atomic mass is 16.3. The van der Waals surface area contributed by atoms with Gasteiger partial charge in [-0.15, -0.1) is 0 Å². The lowest BCUT2D eigenvalue weighted by Crippen LogP contribution is -2.45. The molecule has 0 bridgehead atoms. The molecule has 1 aromatic rings. The topological polar surface area (TPSA) is 45.5 Å². The molecule has 1 fully saturated rings. The molecule has 2 heterocycles. The van der Waals surface area contributed by atoms with Crippen LogP contribution < -0.4 is 5.32 Å². The number of carbonyl (C=O) groups is 1. The van der Waals surface area contributed by atoms with Gasteiger partial charge in [0.1, 0.15) is 5.76 Å². The summed E-state index contributed by atoms with van der Waals surface area (Å²) in [5.74, 6) is 1.08. The van der Waals surface area contributed by atoms with E-state index in [0.717, 1.165) is 31.7 Å². The Bertz CT molecular complexity index is 381. The lowest BCUT2D eigenvalue weighted by Gasteiger charge is -2.26. The minimum Gasteiger partial charge on any atom is -0.468 e. The highest BCUT2D eigenvalue weighted by molar-refractivity contribution is 5.81. The van der Waals surface area contributed by atoms with Crippen molar-refractivity contribution in [1.82, 2.24) is 10.2 Å². The maximum Gasteiger partial charge on any atom is 0.239 e. The molecular weight excluding hydrogens is 240 g/mol. The first-order valence-corrected chi connectivity index (χ1v) is 7.26. The zero-order valence-electron chi connectivity index (χ0n) is 11.9. The maximum atomic E-state index is 12.4. The van der Waals surface area contributed by atoms with E-state index in [4.69, 9.17) is 4.42 Å². The van der Waals surface area contributed by atoms with Crippen LogP contribution in [0.15, 0.2) is 22.8 Å². The summed E-state index contributed by atoms with van der Waals surface area (Å²) in [6.45, 7) is 5.76. The van der Waals surface area contributed by atoms with Gasteiger partial charge >= 0.3 is 0 Å². The third-order valence-corrected chi connectivity index (χ3v) is 3.76. The van der Waals surface area contributed by atoms with Crippen LogP contribution in [0.25, 0.3) is 0 Å². The van der Waals surface area contributed by atoms with E-state index >= 15 is 0 Å². The Labute approximate surface area is 115 Å². The lowest BCUT2D eigenvalue weighted by molar-refractivity contribution is -0.133. The summed E-state index contributed by atoms with van der Waals surface area (Å²) in [4.78, 5) is 14.4. The van der Waals surface area contributed by atoms with Gasteiger partial charge in [-0.05, 0) is 38.8 Å². The van der Waals surface area contributed by atoms with Crippen LogP contribution in [0.1, 0.15) is 51.3 Å². The molecule has 2 rings (SSSR count). The number of amides is 1. The van der Waals surface area contributed by atoms with Crippen LogP contribution in [0.4, 0.5) is 0 Å². The van der Waals surface area contributed by atoms with Crippen molar-refractivity contribution in [3.8, 4) is 0 Å². The highest BCUT2D eigenvalue weighted by Gasteiger charge is 2.23. The zero-order valence-corrected chi connectivity index (χ0v) is 11.9. The average molecular weight is 264 g/mol. The van der Waals surface area contributed by atoms with E-state index in [-0.39, 0.29) is 18.0 Å². The molecule has 4 heteroatoms. The number of carbonyl (C=O) groups excluding carboxylic acids is 1. The van der Waals surface area contributed by atoms with Gasteiger partial charge in [-0.3, -0.25) is 10.1 Å². The molecule has 0 radical (unpaired) electrons. The molecule has 1 amide bonds. The van der Waals surface area contributed by atoms with Crippen molar-refractivity contribution in [1.29, 1.82) is 0 Å². The van der Waals surface area contributed by atoms with Gasteiger partial charge in [0, 0.05) is 13.1 Å². The molecular formula is C15H24N2O2. The summed E-state index contributed by atoms with van der Waals surface area (Å²) in [5, 5.41) is 3.31. The fourth-order valence-electron chi connectivity index (χ4n) is 2.63. The number of rotatable bonds is 4. The van der Waals surface area contributed by atoms with E-state index in [2.05, 4.69) is 5.32 Å². The number of likely N-dealkylation sites (tertiary alicyclic amines) is 1. The largest absolute Gasteiger partial charge is 0.468 e. The van der Waals surface area contributed by atoms with Crippen LogP contribution in [0.2, 0.25) is 0 Å². The molecule has 0 aromatic carbocycles. The Morgan fingerprint density at radius 1 is 1.26 bits per heavy atom. The molecule has 4 nitrogen and oxygen atoms in total. The van der Waals surface area contributed by atoms with E-state index in [1.165, 1.54) is 12.8 Å². The van der Waals surface area contributed by atoms with Crippen molar-refractivity contribution in [3.05, 3.63) is 24.2 Å². The molecule has 19 heavy (non-hydrogen) atoms. The molecule has 1 aromatic heterocycles. The molecule has 1 aliphatic heterocycles. The van der Waals surface area contributed by atoms with Gasteiger partial charge in [-0.2, -0.15) is 0 Å². The molecule has 0 saturated carbocycles. The van der Waals surface area contributed by atoms with Gasteiger partial charge in [0.15, 0.2) is 0 Å². The summed E-state index contributed by atoms with van der Waals surface area (Å²) < 4.78 is 5.35. The van der Waals surface area contributed by atoms with Crippen molar-refractivity contribution in [2.24, 2.45) is 0 Å². The Kier molecular flexibility index (Phi) is 5.02. The van der Waals surface area contributed by atoms with Crippen molar-refractivity contribution >= 4 is 5.91 Å². The van der Waals surface area contributed by atoms with E-state index in [0.29, 0.717) is 0 Å². The molecule has 0 spiro atoms.